The van der Waals surface area contributed by atoms with Gasteiger partial charge in [-0.15, -0.1) is 11.3 Å². The van der Waals surface area contributed by atoms with Crippen LogP contribution in [-0.4, -0.2) is 9.55 Å². The molecule has 4 rings (SSSR count). The second-order valence-corrected chi connectivity index (χ2v) is 7.00. The molecule has 0 N–H and O–H groups in total. The largest absolute Gasteiger partial charge is 0.292 e. The highest BCUT2D eigenvalue weighted by molar-refractivity contribution is 7.18. The summed E-state index contributed by atoms with van der Waals surface area (Å²) in [5.41, 5.74) is 2.48. The second kappa shape index (κ2) is 5.13. The zero-order chi connectivity index (χ0) is 16.1. The zero-order valence-electron chi connectivity index (χ0n) is 12.9. The third-order valence-electron chi connectivity index (χ3n) is 4.42. The fraction of sp³-hybridized carbons (Fsp3) is 0.222. The number of hydrogen-bond acceptors (Lipinski definition) is 3. The van der Waals surface area contributed by atoms with Crippen molar-refractivity contribution in [2.45, 2.75) is 26.8 Å². The molecule has 0 unspecified atom stereocenters. The van der Waals surface area contributed by atoms with Gasteiger partial charge in [0.25, 0.3) is 5.56 Å². The van der Waals surface area contributed by atoms with E-state index in [1.807, 2.05) is 13.8 Å². The van der Waals surface area contributed by atoms with Gasteiger partial charge in [-0.3, -0.25) is 9.36 Å². The topological polar surface area (TPSA) is 34.9 Å². The molecular formula is C18H15FN2OS. The van der Waals surface area contributed by atoms with Crippen LogP contribution in [0.25, 0.3) is 21.9 Å². The van der Waals surface area contributed by atoms with E-state index >= 15 is 0 Å². The van der Waals surface area contributed by atoms with Crippen LogP contribution >= 0.6 is 11.3 Å². The Bertz CT molecular complexity index is 1030. The summed E-state index contributed by atoms with van der Waals surface area (Å²) in [6, 6.07) is 6.65. The van der Waals surface area contributed by atoms with Gasteiger partial charge in [-0.05, 0) is 43.5 Å². The van der Waals surface area contributed by atoms with Gasteiger partial charge in [-0.25, -0.2) is 9.37 Å². The molecule has 1 aliphatic rings. The summed E-state index contributed by atoms with van der Waals surface area (Å²) in [5.74, 6) is 0.414. The van der Waals surface area contributed by atoms with Gasteiger partial charge in [-0.1, -0.05) is 18.2 Å². The fourth-order valence-electron chi connectivity index (χ4n) is 3.04. The summed E-state index contributed by atoms with van der Waals surface area (Å²) in [5, 5.41) is 0.725. The van der Waals surface area contributed by atoms with Crippen molar-refractivity contribution in [1.82, 2.24) is 9.55 Å². The Hall–Kier alpha value is -2.27. The van der Waals surface area contributed by atoms with Gasteiger partial charge in [0.1, 0.15) is 16.5 Å². The molecule has 0 aliphatic carbocycles. The molecule has 116 valence electrons. The molecule has 23 heavy (non-hydrogen) atoms. The minimum Gasteiger partial charge on any atom is -0.292 e. The molecule has 3 heterocycles. The highest BCUT2D eigenvalue weighted by Crippen LogP contribution is 2.32. The van der Waals surface area contributed by atoms with Crippen LogP contribution in [0.5, 0.6) is 0 Å². The number of aromatic nitrogens is 2. The molecule has 1 aliphatic heterocycles. The van der Waals surface area contributed by atoms with Crippen molar-refractivity contribution in [1.29, 1.82) is 0 Å². The van der Waals surface area contributed by atoms with Crippen LogP contribution in [0, 0.1) is 19.7 Å². The van der Waals surface area contributed by atoms with E-state index in [1.54, 1.807) is 40.2 Å². The molecular weight excluding hydrogens is 311 g/mol. The molecule has 2 aromatic heterocycles. The second-order valence-electron chi connectivity index (χ2n) is 5.80. The lowest BCUT2D eigenvalue weighted by atomic mass is 10.1. The molecule has 0 bridgehead atoms. The molecule has 1 aromatic carbocycles. The Labute approximate surface area is 136 Å². The average Bonchev–Trinajstić information content (AvgIpc) is 3.05. The standard InChI is InChI=1S/C18H15FN2OS/c1-10-11(2)23-17-15(10)18(22)21-8-7-13(16(21)20-17)9-12-5-3-4-6-14(12)19/h3-6,9H,7-8H2,1-2H3/b13-9+. The van der Waals surface area contributed by atoms with Gasteiger partial charge in [0, 0.05) is 17.0 Å². The first-order valence-electron chi connectivity index (χ1n) is 7.52. The fourth-order valence-corrected chi connectivity index (χ4v) is 4.06. The highest BCUT2D eigenvalue weighted by Gasteiger charge is 2.23. The maximum absolute atomic E-state index is 13.9. The summed E-state index contributed by atoms with van der Waals surface area (Å²) >= 11 is 1.54. The van der Waals surface area contributed by atoms with Crippen molar-refractivity contribution in [3.05, 3.63) is 62.3 Å². The lowest BCUT2D eigenvalue weighted by molar-refractivity contribution is 0.625. The van der Waals surface area contributed by atoms with Crippen molar-refractivity contribution in [3.63, 3.8) is 0 Å². The van der Waals surface area contributed by atoms with Crippen LogP contribution in [0.15, 0.2) is 29.1 Å². The number of aryl methyl sites for hydroxylation is 2. The number of allylic oxidation sites excluding steroid dienone is 1. The number of halogens is 1. The van der Waals surface area contributed by atoms with Gasteiger partial charge in [-0.2, -0.15) is 0 Å². The Kier molecular flexibility index (Phi) is 3.20. The Morgan fingerprint density at radius 3 is 2.87 bits per heavy atom. The zero-order valence-corrected chi connectivity index (χ0v) is 13.7. The average molecular weight is 326 g/mol. The first-order chi connectivity index (χ1) is 11.1. The van der Waals surface area contributed by atoms with Crippen LogP contribution in [0.4, 0.5) is 4.39 Å². The molecule has 0 saturated heterocycles. The summed E-state index contributed by atoms with van der Waals surface area (Å²) < 4.78 is 15.6. The maximum atomic E-state index is 13.9. The molecule has 0 radical (unpaired) electrons. The van der Waals surface area contributed by atoms with Crippen LogP contribution in [-0.2, 0) is 6.54 Å². The Balaban J connectivity index is 1.94. The predicted octanol–water partition coefficient (Wildman–Crippen LogP) is 4.16. The number of hydrogen-bond donors (Lipinski definition) is 0. The first-order valence-corrected chi connectivity index (χ1v) is 8.34. The lowest BCUT2D eigenvalue weighted by Gasteiger charge is -2.04. The van der Waals surface area contributed by atoms with E-state index in [-0.39, 0.29) is 11.4 Å². The molecule has 0 amide bonds. The molecule has 0 saturated carbocycles. The van der Waals surface area contributed by atoms with E-state index in [0.29, 0.717) is 24.4 Å². The normalized spacial score (nSPS) is 15.5. The van der Waals surface area contributed by atoms with E-state index in [9.17, 15) is 9.18 Å². The van der Waals surface area contributed by atoms with E-state index in [4.69, 9.17) is 4.98 Å². The summed E-state index contributed by atoms with van der Waals surface area (Å²) in [6.45, 7) is 4.58. The molecule has 3 aromatic rings. The number of rotatable bonds is 1. The van der Waals surface area contributed by atoms with Gasteiger partial charge >= 0.3 is 0 Å². The van der Waals surface area contributed by atoms with E-state index < -0.39 is 0 Å². The third-order valence-corrected chi connectivity index (χ3v) is 5.52. The quantitative estimate of drug-likeness (QED) is 0.673. The smallest absolute Gasteiger partial charge is 0.262 e. The third kappa shape index (κ3) is 2.15. The van der Waals surface area contributed by atoms with E-state index in [2.05, 4.69) is 0 Å². The summed E-state index contributed by atoms with van der Waals surface area (Å²) in [7, 11) is 0. The summed E-state index contributed by atoms with van der Waals surface area (Å²) in [6.07, 6.45) is 2.51. The Morgan fingerprint density at radius 2 is 2.09 bits per heavy atom. The molecule has 5 heteroatoms. The lowest BCUT2D eigenvalue weighted by Crippen LogP contribution is -2.20. The van der Waals surface area contributed by atoms with Crippen LogP contribution in [0.1, 0.15) is 28.2 Å². The first kappa shape index (κ1) is 14.3. The van der Waals surface area contributed by atoms with Gasteiger partial charge < -0.3 is 0 Å². The number of nitrogens with zero attached hydrogens (tertiary/aromatic N) is 2. The highest BCUT2D eigenvalue weighted by atomic mass is 32.1. The van der Waals surface area contributed by atoms with Crippen molar-refractivity contribution in [2.75, 3.05) is 0 Å². The van der Waals surface area contributed by atoms with Crippen molar-refractivity contribution in [2.24, 2.45) is 0 Å². The molecule has 0 fully saturated rings. The predicted molar refractivity (Wildman–Crippen MR) is 92.2 cm³/mol. The van der Waals surface area contributed by atoms with Gasteiger partial charge in [0.2, 0.25) is 0 Å². The van der Waals surface area contributed by atoms with E-state index in [1.165, 1.54) is 6.07 Å². The Morgan fingerprint density at radius 1 is 1.30 bits per heavy atom. The monoisotopic (exact) mass is 326 g/mol. The maximum Gasteiger partial charge on any atom is 0.262 e. The van der Waals surface area contributed by atoms with Crippen molar-refractivity contribution in [3.8, 4) is 0 Å². The van der Waals surface area contributed by atoms with E-state index in [0.717, 1.165) is 26.2 Å². The number of benzene rings is 1. The number of thiophene rings is 1. The molecule has 3 nitrogen and oxygen atoms in total. The summed E-state index contributed by atoms with van der Waals surface area (Å²) in [4.78, 5) is 19.3. The van der Waals surface area contributed by atoms with Crippen molar-refractivity contribution >= 4 is 33.2 Å². The van der Waals surface area contributed by atoms with Gasteiger partial charge in [0.15, 0.2) is 0 Å². The van der Waals surface area contributed by atoms with Crippen LogP contribution < -0.4 is 5.56 Å². The van der Waals surface area contributed by atoms with Gasteiger partial charge in [0.05, 0.1) is 5.39 Å². The van der Waals surface area contributed by atoms with Crippen LogP contribution in [0.3, 0.4) is 0 Å². The molecule has 0 spiro atoms. The van der Waals surface area contributed by atoms with Crippen LogP contribution in [0.2, 0.25) is 0 Å². The number of fused-ring (bicyclic) bond motifs is 2. The molecule has 0 atom stereocenters. The van der Waals surface area contributed by atoms with Crippen molar-refractivity contribution < 1.29 is 4.39 Å². The minimum absolute atomic E-state index is 0.0174. The SMILES string of the molecule is Cc1sc2nc3n(c(=O)c2c1C)CC/C3=C\c1ccccc1F. The minimum atomic E-state index is -0.260.